The van der Waals surface area contributed by atoms with Gasteiger partial charge in [0.15, 0.2) is 11.5 Å². The second kappa shape index (κ2) is 7.88. The van der Waals surface area contributed by atoms with Gasteiger partial charge >= 0.3 is 0 Å². The van der Waals surface area contributed by atoms with E-state index in [4.69, 9.17) is 21.1 Å². The molecule has 2 aromatic rings. The highest BCUT2D eigenvalue weighted by molar-refractivity contribution is 6.30. The summed E-state index contributed by atoms with van der Waals surface area (Å²) in [7, 11) is 3.36. The fraction of sp³-hybridized carbons (Fsp3) is 0.368. The first-order chi connectivity index (χ1) is 11.7. The number of nitrogens with one attached hydrogen (secondary N) is 1. The molecule has 3 rings (SSSR count). The quantitative estimate of drug-likeness (QED) is 0.900. The van der Waals surface area contributed by atoms with Crippen molar-refractivity contribution in [3.63, 3.8) is 0 Å². The molecule has 0 radical (unpaired) electrons. The average molecular weight is 347 g/mol. The van der Waals surface area contributed by atoms with Crippen LogP contribution in [0.2, 0.25) is 5.02 Å². The van der Waals surface area contributed by atoms with Crippen LogP contribution >= 0.6 is 11.6 Å². The third-order valence-electron chi connectivity index (χ3n) is 4.43. The number of methoxy groups -OCH3 is 2. The van der Waals surface area contributed by atoms with Gasteiger partial charge in [-0.2, -0.15) is 0 Å². The number of hydrogen-bond donors (Lipinski definition) is 1. The van der Waals surface area contributed by atoms with Crippen molar-refractivity contribution in [1.29, 1.82) is 0 Å². The molecule has 0 aliphatic carbocycles. The predicted octanol–water partition coefficient (Wildman–Crippen LogP) is 3.35. The van der Waals surface area contributed by atoms with E-state index < -0.39 is 0 Å². The molecule has 0 bridgehead atoms. The molecule has 1 saturated heterocycles. The van der Waals surface area contributed by atoms with E-state index in [2.05, 4.69) is 28.4 Å². The Morgan fingerprint density at radius 2 is 1.71 bits per heavy atom. The number of halogens is 1. The monoisotopic (exact) mass is 346 g/mol. The van der Waals surface area contributed by atoms with Gasteiger partial charge in [-0.3, -0.25) is 4.90 Å². The Balaban J connectivity index is 2.09. The smallest absolute Gasteiger partial charge is 0.165 e. The van der Waals surface area contributed by atoms with E-state index in [9.17, 15) is 0 Å². The van der Waals surface area contributed by atoms with Crippen LogP contribution in [0.5, 0.6) is 11.5 Å². The summed E-state index contributed by atoms with van der Waals surface area (Å²) < 4.78 is 11.2. The van der Waals surface area contributed by atoms with Gasteiger partial charge in [0.2, 0.25) is 0 Å². The zero-order valence-electron chi connectivity index (χ0n) is 14.1. The molecular weight excluding hydrogens is 324 g/mol. The van der Waals surface area contributed by atoms with Crippen molar-refractivity contribution >= 4 is 11.6 Å². The summed E-state index contributed by atoms with van der Waals surface area (Å²) in [6, 6.07) is 14.2. The molecule has 1 unspecified atom stereocenters. The van der Waals surface area contributed by atoms with E-state index in [1.54, 1.807) is 14.2 Å². The zero-order chi connectivity index (χ0) is 16.9. The molecule has 0 amide bonds. The molecule has 0 aromatic heterocycles. The lowest BCUT2D eigenvalue weighted by molar-refractivity contribution is 0.194. The summed E-state index contributed by atoms with van der Waals surface area (Å²) >= 11 is 6.09. The lowest BCUT2D eigenvalue weighted by Gasteiger charge is -2.36. The molecule has 128 valence electrons. The number of rotatable bonds is 5. The molecule has 1 aliphatic rings. The Morgan fingerprint density at radius 3 is 2.33 bits per heavy atom. The first kappa shape index (κ1) is 17.1. The molecule has 1 fully saturated rings. The van der Waals surface area contributed by atoms with E-state index >= 15 is 0 Å². The van der Waals surface area contributed by atoms with Crippen LogP contribution in [0.15, 0.2) is 42.5 Å². The highest BCUT2D eigenvalue weighted by Gasteiger charge is 2.27. The molecular formula is C19H23ClN2O2. The highest BCUT2D eigenvalue weighted by Crippen LogP contribution is 2.40. The lowest BCUT2D eigenvalue weighted by Crippen LogP contribution is -2.45. The molecule has 1 heterocycles. The van der Waals surface area contributed by atoms with Crippen LogP contribution < -0.4 is 14.8 Å². The Hall–Kier alpha value is -1.75. The minimum Gasteiger partial charge on any atom is -0.493 e. The van der Waals surface area contributed by atoms with Gasteiger partial charge in [-0.05, 0) is 23.8 Å². The summed E-state index contributed by atoms with van der Waals surface area (Å²) in [5, 5.41) is 4.16. The number of para-hydroxylation sites is 1. The van der Waals surface area contributed by atoms with E-state index in [1.807, 2.05) is 24.3 Å². The zero-order valence-corrected chi connectivity index (χ0v) is 14.8. The Labute approximate surface area is 148 Å². The van der Waals surface area contributed by atoms with Crippen LogP contribution in [-0.4, -0.2) is 45.3 Å². The van der Waals surface area contributed by atoms with Crippen LogP contribution in [0.25, 0.3) is 0 Å². The van der Waals surface area contributed by atoms with Crippen molar-refractivity contribution in [1.82, 2.24) is 10.2 Å². The molecule has 1 N–H and O–H groups in total. The molecule has 0 spiro atoms. The van der Waals surface area contributed by atoms with Crippen LogP contribution in [0.4, 0.5) is 0 Å². The molecule has 5 heteroatoms. The number of nitrogens with zero attached hydrogens (tertiary/aromatic N) is 1. The standard InChI is InChI=1S/C19H23ClN2O2/c1-23-17-5-3-4-16(19(17)24-2)18(22-12-10-21-11-13-22)14-6-8-15(20)9-7-14/h3-9,18,21H,10-13H2,1-2H3. The summed E-state index contributed by atoms with van der Waals surface area (Å²) in [5.74, 6) is 1.54. The summed E-state index contributed by atoms with van der Waals surface area (Å²) in [6.45, 7) is 3.92. The van der Waals surface area contributed by atoms with Gasteiger partial charge in [0.25, 0.3) is 0 Å². The fourth-order valence-corrected chi connectivity index (χ4v) is 3.43. The highest BCUT2D eigenvalue weighted by atomic mass is 35.5. The fourth-order valence-electron chi connectivity index (χ4n) is 3.30. The van der Waals surface area contributed by atoms with Gasteiger partial charge in [-0.15, -0.1) is 0 Å². The van der Waals surface area contributed by atoms with Crippen molar-refractivity contribution in [3.05, 3.63) is 58.6 Å². The van der Waals surface area contributed by atoms with E-state index in [0.717, 1.165) is 48.3 Å². The maximum atomic E-state index is 6.09. The van der Waals surface area contributed by atoms with Crippen molar-refractivity contribution in [2.24, 2.45) is 0 Å². The van der Waals surface area contributed by atoms with Crippen molar-refractivity contribution in [3.8, 4) is 11.5 Å². The summed E-state index contributed by atoms with van der Waals surface area (Å²) in [4.78, 5) is 2.47. The van der Waals surface area contributed by atoms with E-state index in [1.165, 1.54) is 5.56 Å². The maximum Gasteiger partial charge on any atom is 0.165 e. The third kappa shape index (κ3) is 3.51. The van der Waals surface area contributed by atoms with Crippen molar-refractivity contribution < 1.29 is 9.47 Å². The van der Waals surface area contributed by atoms with Crippen LogP contribution in [0, 0.1) is 0 Å². The molecule has 24 heavy (non-hydrogen) atoms. The topological polar surface area (TPSA) is 33.7 Å². The third-order valence-corrected chi connectivity index (χ3v) is 4.68. The van der Waals surface area contributed by atoms with Gasteiger partial charge in [0, 0.05) is 36.8 Å². The number of piperazine rings is 1. The van der Waals surface area contributed by atoms with Crippen LogP contribution in [0.3, 0.4) is 0 Å². The van der Waals surface area contributed by atoms with Gasteiger partial charge in [-0.1, -0.05) is 35.9 Å². The average Bonchev–Trinajstić information content (AvgIpc) is 2.64. The summed E-state index contributed by atoms with van der Waals surface area (Å²) in [5.41, 5.74) is 2.31. The van der Waals surface area contributed by atoms with Crippen LogP contribution in [-0.2, 0) is 0 Å². The lowest BCUT2D eigenvalue weighted by atomic mass is 9.95. The molecule has 0 saturated carbocycles. The van der Waals surface area contributed by atoms with Crippen molar-refractivity contribution in [2.45, 2.75) is 6.04 Å². The normalized spacial score (nSPS) is 16.6. The number of ether oxygens (including phenoxy) is 2. The second-order valence-corrected chi connectivity index (χ2v) is 6.26. The minimum atomic E-state index is 0.106. The second-order valence-electron chi connectivity index (χ2n) is 5.82. The summed E-state index contributed by atoms with van der Waals surface area (Å²) in [6.07, 6.45) is 0. The van der Waals surface area contributed by atoms with Crippen LogP contribution in [0.1, 0.15) is 17.2 Å². The first-order valence-corrected chi connectivity index (χ1v) is 8.53. The molecule has 4 nitrogen and oxygen atoms in total. The number of benzene rings is 2. The Kier molecular flexibility index (Phi) is 5.61. The number of hydrogen-bond acceptors (Lipinski definition) is 4. The largest absolute Gasteiger partial charge is 0.493 e. The molecule has 1 atom stereocenters. The first-order valence-electron chi connectivity index (χ1n) is 8.15. The Morgan fingerprint density at radius 1 is 1.00 bits per heavy atom. The Bertz CT molecular complexity index is 670. The van der Waals surface area contributed by atoms with Crippen molar-refractivity contribution in [2.75, 3.05) is 40.4 Å². The maximum absolute atomic E-state index is 6.09. The van der Waals surface area contributed by atoms with E-state index in [-0.39, 0.29) is 6.04 Å². The van der Waals surface area contributed by atoms with Gasteiger partial charge in [0.05, 0.1) is 20.3 Å². The van der Waals surface area contributed by atoms with Gasteiger partial charge in [0.1, 0.15) is 0 Å². The molecule has 1 aliphatic heterocycles. The van der Waals surface area contributed by atoms with Gasteiger partial charge < -0.3 is 14.8 Å². The minimum absolute atomic E-state index is 0.106. The van der Waals surface area contributed by atoms with E-state index in [0.29, 0.717) is 0 Å². The molecule has 2 aromatic carbocycles. The van der Waals surface area contributed by atoms with Gasteiger partial charge in [-0.25, -0.2) is 0 Å². The SMILES string of the molecule is COc1cccc(C(c2ccc(Cl)cc2)N2CCNCC2)c1OC. The predicted molar refractivity (Wildman–Crippen MR) is 97.3 cm³/mol.